The normalized spacial score (nSPS) is 24.7. The van der Waals surface area contributed by atoms with E-state index in [-0.39, 0.29) is 34.0 Å². The first-order valence-corrected chi connectivity index (χ1v) is 14.4. The molecular formula is C22H37N5O6Si. The van der Waals surface area contributed by atoms with Crippen LogP contribution in [-0.2, 0) is 18.7 Å². The number of rotatable bonds is 7. The van der Waals surface area contributed by atoms with E-state index in [1.165, 1.54) is 6.33 Å². The number of aromatic amines is 1. The fourth-order valence-corrected chi connectivity index (χ4v) is 4.91. The van der Waals surface area contributed by atoms with Gasteiger partial charge in [0.25, 0.3) is 5.56 Å². The molecule has 2 aromatic rings. The Hall–Kier alpha value is -2.12. The van der Waals surface area contributed by atoms with Crippen LogP contribution >= 0.6 is 0 Å². The van der Waals surface area contributed by atoms with E-state index in [2.05, 4.69) is 54.1 Å². The summed E-state index contributed by atoms with van der Waals surface area (Å²) in [5.41, 5.74) is -0.161. The maximum absolute atomic E-state index is 12.6. The summed E-state index contributed by atoms with van der Waals surface area (Å²) in [5, 5.41) is 13.1. The highest BCUT2D eigenvalue weighted by Gasteiger charge is 2.52. The average molecular weight is 496 g/mol. The van der Waals surface area contributed by atoms with Gasteiger partial charge in [-0.1, -0.05) is 34.6 Å². The molecule has 0 unspecified atom stereocenters. The number of hydrogen-bond acceptors (Lipinski definition) is 8. The molecule has 1 aliphatic rings. The zero-order valence-electron chi connectivity index (χ0n) is 21.4. The predicted molar refractivity (Wildman–Crippen MR) is 130 cm³/mol. The van der Waals surface area contributed by atoms with E-state index >= 15 is 0 Å². The summed E-state index contributed by atoms with van der Waals surface area (Å²) in [6.45, 7) is 15.8. The monoisotopic (exact) mass is 495 g/mol. The van der Waals surface area contributed by atoms with E-state index in [1.807, 2.05) is 0 Å². The van der Waals surface area contributed by atoms with E-state index in [0.29, 0.717) is 0 Å². The molecular weight excluding hydrogens is 458 g/mol. The zero-order valence-corrected chi connectivity index (χ0v) is 22.4. The number of carbonyl (C=O) groups excluding carboxylic acids is 1. The number of hydrogen-bond donors (Lipinski definition) is 3. The molecule has 1 fully saturated rings. The van der Waals surface area contributed by atoms with Gasteiger partial charge in [-0.15, -0.1) is 0 Å². The lowest BCUT2D eigenvalue weighted by molar-refractivity contribution is -0.118. The highest BCUT2D eigenvalue weighted by atomic mass is 28.4. The van der Waals surface area contributed by atoms with Crippen LogP contribution in [0.15, 0.2) is 11.1 Å². The molecule has 34 heavy (non-hydrogen) atoms. The number of imidazole rings is 1. The molecule has 0 bridgehead atoms. The van der Waals surface area contributed by atoms with Crippen molar-refractivity contribution >= 4 is 31.3 Å². The number of ether oxygens (including phenoxy) is 2. The Morgan fingerprint density at radius 1 is 1.29 bits per heavy atom. The van der Waals surface area contributed by atoms with Gasteiger partial charge < -0.3 is 19.0 Å². The van der Waals surface area contributed by atoms with Gasteiger partial charge in [0.15, 0.2) is 25.7 Å². The lowest BCUT2D eigenvalue weighted by atomic mass is 10.1. The van der Waals surface area contributed by atoms with Crippen molar-refractivity contribution < 1.29 is 23.8 Å². The van der Waals surface area contributed by atoms with Crippen molar-refractivity contribution in [3.8, 4) is 0 Å². The molecule has 5 atom stereocenters. The van der Waals surface area contributed by atoms with Crippen LogP contribution in [0.1, 0.15) is 47.8 Å². The van der Waals surface area contributed by atoms with Crippen LogP contribution in [0, 0.1) is 5.92 Å². The SMILES string of the molecule is CO[C@@H]1[C@H](O[Si](C)(C)C(C)(C)C)[C@@H]([C@H](C)O)O[C@H]1n1cnc2c(=O)[nH]c(NC(=O)C(C)C)nc21. The number of amides is 1. The van der Waals surface area contributed by atoms with Crippen LogP contribution in [0.3, 0.4) is 0 Å². The molecule has 3 N–H and O–H groups in total. The standard InChI is InChI=1S/C22H37N5O6Si/c1-11(2)18(29)25-21-24-17-13(19(30)26-21)23-10-27(17)20-16(31-7)15(14(32-20)12(3)28)33-34(8,9)22(4,5)6/h10-12,14-16,20,28H,1-9H3,(H2,24,25,26,29,30)/t12-,14+,15+,16+,20+/m0/s1. The maximum atomic E-state index is 12.6. The van der Waals surface area contributed by atoms with Gasteiger partial charge in [0.05, 0.1) is 12.4 Å². The first kappa shape index (κ1) is 26.5. The lowest BCUT2D eigenvalue weighted by Crippen LogP contribution is -2.51. The largest absolute Gasteiger partial charge is 0.408 e. The Bertz CT molecular complexity index is 1090. The molecule has 0 spiro atoms. The zero-order chi connectivity index (χ0) is 25.6. The lowest BCUT2D eigenvalue weighted by Gasteiger charge is -2.40. The summed E-state index contributed by atoms with van der Waals surface area (Å²) in [4.78, 5) is 35.9. The third-order valence-electron chi connectivity index (χ3n) is 6.68. The van der Waals surface area contributed by atoms with E-state index in [4.69, 9.17) is 13.9 Å². The summed E-state index contributed by atoms with van der Waals surface area (Å²) >= 11 is 0. The number of aliphatic hydroxyl groups is 1. The highest BCUT2D eigenvalue weighted by Crippen LogP contribution is 2.43. The van der Waals surface area contributed by atoms with Crippen molar-refractivity contribution in [2.75, 3.05) is 12.4 Å². The summed E-state index contributed by atoms with van der Waals surface area (Å²) in [5.74, 6) is -0.550. The van der Waals surface area contributed by atoms with E-state index in [9.17, 15) is 14.7 Å². The molecule has 12 heteroatoms. The maximum Gasteiger partial charge on any atom is 0.280 e. The highest BCUT2D eigenvalue weighted by molar-refractivity contribution is 6.74. The van der Waals surface area contributed by atoms with Gasteiger partial charge in [-0.05, 0) is 25.1 Å². The van der Waals surface area contributed by atoms with Crippen LogP contribution in [0.25, 0.3) is 11.2 Å². The van der Waals surface area contributed by atoms with E-state index < -0.39 is 44.5 Å². The van der Waals surface area contributed by atoms with Crippen LogP contribution in [0.2, 0.25) is 18.1 Å². The summed E-state index contributed by atoms with van der Waals surface area (Å²) in [6, 6.07) is 0. The number of nitrogens with zero attached hydrogens (tertiary/aromatic N) is 3. The Morgan fingerprint density at radius 2 is 1.94 bits per heavy atom. The molecule has 1 saturated heterocycles. The van der Waals surface area contributed by atoms with Crippen LogP contribution in [0.5, 0.6) is 0 Å². The van der Waals surface area contributed by atoms with Gasteiger partial charge in [-0.3, -0.25) is 24.5 Å². The second kappa shape index (κ2) is 9.50. The van der Waals surface area contributed by atoms with Gasteiger partial charge in [0, 0.05) is 13.0 Å². The van der Waals surface area contributed by atoms with Gasteiger partial charge in [-0.2, -0.15) is 4.98 Å². The Balaban J connectivity index is 2.04. The van der Waals surface area contributed by atoms with Gasteiger partial charge >= 0.3 is 0 Å². The number of aromatic nitrogens is 4. The number of nitrogens with one attached hydrogen (secondary N) is 2. The molecule has 3 rings (SSSR count). The Kier molecular flexibility index (Phi) is 7.40. The molecule has 0 aliphatic carbocycles. The van der Waals surface area contributed by atoms with Crippen molar-refractivity contribution in [2.24, 2.45) is 5.92 Å². The molecule has 0 saturated carbocycles. The fourth-order valence-electron chi connectivity index (χ4n) is 3.61. The quantitative estimate of drug-likeness (QED) is 0.497. The first-order chi connectivity index (χ1) is 15.7. The minimum absolute atomic E-state index is 0.0195. The number of H-pyrrole nitrogens is 1. The number of fused-ring (bicyclic) bond motifs is 1. The second-order valence-electron chi connectivity index (χ2n) is 10.7. The molecule has 2 aromatic heterocycles. The van der Waals surface area contributed by atoms with E-state index in [0.717, 1.165) is 0 Å². The van der Waals surface area contributed by atoms with E-state index in [1.54, 1.807) is 32.4 Å². The molecule has 0 radical (unpaired) electrons. The van der Waals surface area contributed by atoms with Gasteiger partial charge in [-0.25, -0.2) is 4.98 Å². The molecule has 3 heterocycles. The molecule has 11 nitrogen and oxygen atoms in total. The minimum Gasteiger partial charge on any atom is -0.408 e. The molecule has 1 aliphatic heterocycles. The van der Waals surface area contributed by atoms with Crippen LogP contribution in [-0.4, -0.2) is 70.4 Å². The molecule has 0 aromatic carbocycles. The van der Waals surface area contributed by atoms with Crippen LogP contribution in [0.4, 0.5) is 5.95 Å². The first-order valence-electron chi connectivity index (χ1n) is 11.5. The minimum atomic E-state index is -2.24. The van der Waals surface area contributed by atoms with Crippen molar-refractivity contribution in [2.45, 2.75) is 90.3 Å². The van der Waals surface area contributed by atoms with Gasteiger partial charge in [0.2, 0.25) is 11.9 Å². The third kappa shape index (κ3) is 4.96. The third-order valence-corrected chi connectivity index (χ3v) is 11.2. The van der Waals surface area contributed by atoms with Crippen molar-refractivity contribution in [3.05, 3.63) is 16.7 Å². The molecule has 190 valence electrons. The summed E-state index contributed by atoms with van der Waals surface area (Å²) in [6.07, 6.45) is -1.94. The smallest absolute Gasteiger partial charge is 0.280 e. The summed E-state index contributed by atoms with van der Waals surface area (Å²) in [7, 11) is -0.688. The fraction of sp³-hybridized carbons (Fsp3) is 0.727. The van der Waals surface area contributed by atoms with Crippen molar-refractivity contribution in [1.29, 1.82) is 0 Å². The van der Waals surface area contributed by atoms with Crippen molar-refractivity contribution in [3.63, 3.8) is 0 Å². The average Bonchev–Trinajstić information content (AvgIpc) is 3.28. The van der Waals surface area contributed by atoms with Crippen LogP contribution < -0.4 is 10.9 Å². The number of carbonyl (C=O) groups is 1. The second-order valence-corrected chi connectivity index (χ2v) is 15.4. The Labute approximate surface area is 200 Å². The number of anilines is 1. The van der Waals surface area contributed by atoms with Crippen molar-refractivity contribution in [1.82, 2.24) is 19.5 Å². The number of aliphatic hydroxyl groups excluding tert-OH is 1. The predicted octanol–water partition coefficient (Wildman–Crippen LogP) is 2.40. The Morgan fingerprint density at radius 3 is 2.47 bits per heavy atom. The number of methoxy groups -OCH3 is 1. The topological polar surface area (TPSA) is 141 Å². The van der Waals surface area contributed by atoms with Gasteiger partial charge in [0.1, 0.15) is 18.3 Å². The molecule has 1 amide bonds. The summed E-state index contributed by atoms with van der Waals surface area (Å²) < 4.78 is 20.3.